The number of nitrogens with one attached hydrogen (secondary N) is 2. The minimum Gasteiger partial charge on any atom is -0.501 e. The second-order valence-electron chi connectivity index (χ2n) is 5.32. The number of carbonyl (C=O) groups excluding carboxylic acids is 1. The van der Waals surface area contributed by atoms with Crippen molar-refractivity contribution in [3.05, 3.63) is 60.4 Å². The van der Waals surface area contributed by atoms with Crippen LogP contribution in [-0.2, 0) is 9.53 Å². The van der Waals surface area contributed by atoms with E-state index in [-0.39, 0.29) is 11.8 Å². The quantitative estimate of drug-likeness (QED) is 0.340. The molecule has 0 saturated carbocycles. The molecule has 1 atom stereocenters. The van der Waals surface area contributed by atoms with Crippen molar-refractivity contribution in [3.8, 4) is 0 Å². The smallest absolute Gasteiger partial charge is 0.146 e. The van der Waals surface area contributed by atoms with Crippen LogP contribution in [0, 0.1) is 5.41 Å². The Morgan fingerprint density at radius 2 is 1.88 bits per heavy atom. The van der Waals surface area contributed by atoms with Gasteiger partial charge in [-0.1, -0.05) is 45.2 Å². The number of methoxy groups -OCH3 is 1. The zero-order valence-electron chi connectivity index (χ0n) is 16.6. The fourth-order valence-corrected chi connectivity index (χ4v) is 2.04. The molecule has 0 rings (SSSR count). The van der Waals surface area contributed by atoms with Gasteiger partial charge in [-0.05, 0) is 51.5 Å². The lowest BCUT2D eigenvalue weighted by Gasteiger charge is -2.08. The molecule has 25 heavy (non-hydrogen) atoms. The zero-order valence-corrected chi connectivity index (χ0v) is 16.6. The van der Waals surface area contributed by atoms with Crippen molar-refractivity contribution < 1.29 is 9.53 Å². The van der Waals surface area contributed by atoms with Gasteiger partial charge in [-0.3, -0.25) is 4.79 Å². The Morgan fingerprint density at radius 3 is 2.16 bits per heavy atom. The molecule has 0 unspecified atom stereocenters. The lowest BCUT2D eigenvalue weighted by Crippen LogP contribution is -2.31. The van der Waals surface area contributed by atoms with Crippen LogP contribution in [0.2, 0.25) is 0 Å². The highest BCUT2D eigenvalue weighted by Crippen LogP contribution is 2.16. The van der Waals surface area contributed by atoms with Gasteiger partial charge in [0.05, 0.1) is 24.6 Å². The Hall–Kier alpha value is -2.20. The number of ether oxygens (including phenoxy) is 1. The van der Waals surface area contributed by atoms with Crippen LogP contribution in [0.15, 0.2) is 60.4 Å². The number of rotatable bonds is 10. The van der Waals surface area contributed by atoms with Crippen LogP contribution in [0.5, 0.6) is 0 Å². The molecule has 140 valence electrons. The molecule has 4 nitrogen and oxygen atoms in total. The van der Waals surface area contributed by atoms with E-state index in [0.29, 0.717) is 5.71 Å². The molecule has 0 aromatic heterocycles. The summed E-state index contributed by atoms with van der Waals surface area (Å²) in [6, 6.07) is 0.0648. The summed E-state index contributed by atoms with van der Waals surface area (Å²) in [5.41, 5.74) is 2.29. The Kier molecular flexibility index (Phi) is 15.4. The molecule has 0 spiro atoms. The van der Waals surface area contributed by atoms with Gasteiger partial charge in [-0.15, -0.1) is 0 Å². The molecule has 0 heterocycles. The van der Waals surface area contributed by atoms with E-state index in [1.54, 1.807) is 45.4 Å². The van der Waals surface area contributed by atoms with E-state index >= 15 is 0 Å². The van der Waals surface area contributed by atoms with Gasteiger partial charge in [-0.2, -0.15) is 0 Å². The topological polar surface area (TPSA) is 62.2 Å². The van der Waals surface area contributed by atoms with Crippen molar-refractivity contribution >= 4 is 11.5 Å². The lowest BCUT2D eigenvalue weighted by atomic mass is 10.00. The van der Waals surface area contributed by atoms with Crippen molar-refractivity contribution in [2.75, 3.05) is 14.2 Å². The molecular formula is C21H34N2O2. The molecule has 0 aromatic carbocycles. The largest absolute Gasteiger partial charge is 0.501 e. The van der Waals surface area contributed by atoms with Crippen molar-refractivity contribution in [1.82, 2.24) is 5.32 Å². The molecule has 0 aromatic rings. The predicted molar refractivity (Wildman–Crippen MR) is 109 cm³/mol. The highest BCUT2D eigenvalue weighted by molar-refractivity contribution is 6.09. The summed E-state index contributed by atoms with van der Waals surface area (Å²) in [6.45, 7) is 14.9. The van der Waals surface area contributed by atoms with Crippen LogP contribution in [0.25, 0.3) is 0 Å². The van der Waals surface area contributed by atoms with E-state index < -0.39 is 0 Å². The number of ketones is 1. The van der Waals surface area contributed by atoms with Crippen LogP contribution in [-0.4, -0.2) is 31.7 Å². The van der Waals surface area contributed by atoms with Gasteiger partial charge in [0.1, 0.15) is 5.78 Å². The molecule has 0 aliphatic heterocycles. The van der Waals surface area contributed by atoms with Crippen LogP contribution < -0.4 is 5.32 Å². The second kappa shape index (κ2) is 15.3. The summed E-state index contributed by atoms with van der Waals surface area (Å²) in [5, 5.41) is 10.9. The number of hydrogen-bond donors (Lipinski definition) is 2. The van der Waals surface area contributed by atoms with Crippen molar-refractivity contribution in [2.24, 2.45) is 0 Å². The Bertz CT molecular complexity index is 536. The van der Waals surface area contributed by atoms with E-state index in [2.05, 4.69) is 18.5 Å². The summed E-state index contributed by atoms with van der Waals surface area (Å²) < 4.78 is 5.13. The van der Waals surface area contributed by atoms with Crippen LogP contribution in [0.4, 0.5) is 0 Å². The summed E-state index contributed by atoms with van der Waals surface area (Å²) >= 11 is 0. The standard InChI is InChI=1S/C15H21NO.C6H13NO/c1-6-9-10-15(16)14(8-3)13(7-2)11-12(4)17-5;1-4-6(7-3)5(2)8/h6,8-11,16H,1,3,7H2,2,4-5H3;6-7H,4H2,1-3H3/b10-9-,12-11+,14-13+,16-15?;/t;6-/m.0/s1. The minimum absolute atomic E-state index is 0.0648. The van der Waals surface area contributed by atoms with Gasteiger partial charge in [0.2, 0.25) is 0 Å². The highest BCUT2D eigenvalue weighted by atomic mass is 16.5. The molecule has 0 saturated heterocycles. The zero-order chi connectivity index (χ0) is 19.8. The second-order valence-corrected chi connectivity index (χ2v) is 5.32. The number of carbonyl (C=O) groups is 1. The predicted octanol–water partition coefficient (Wildman–Crippen LogP) is 4.76. The van der Waals surface area contributed by atoms with Crippen molar-refractivity contribution in [3.63, 3.8) is 0 Å². The summed E-state index contributed by atoms with van der Waals surface area (Å²) in [4.78, 5) is 10.5. The third-order valence-electron chi connectivity index (χ3n) is 3.57. The maximum atomic E-state index is 10.5. The van der Waals surface area contributed by atoms with E-state index in [9.17, 15) is 4.79 Å². The molecule has 2 N–H and O–H groups in total. The first-order chi connectivity index (χ1) is 11.8. The third kappa shape index (κ3) is 11.1. The van der Waals surface area contributed by atoms with Crippen LogP contribution >= 0.6 is 0 Å². The summed E-state index contributed by atoms with van der Waals surface area (Å²) in [5.74, 6) is 1.04. The van der Waals surface area contributed by atoms with E-state index in [4.69, 9.17) is 10.1 Å². The molecule has 0 aliphatic carbocycles. The average Bonchev–Trinajstić information content (AvgIpc) is 2.60. The molecule has 0 bridgehead atoms. The Balaban J connectivity index is 0. The van der Waals surface area contributed by atoms with Gasteiger partial charge in [0.25, 0.3) is 0 Å². The lowest BCUT2D eigenvalue weighted by molar-refractivity contribution is -0.118. The first kappa shape index (κ1) is 25.0. The maximum absolute atomic E-state index is 10.5. The SMILES string of the molecule is C=C/C=C\C(=N)/C(C=C)=C(/C=C(\C)OC)CC.CC[C@H](NC)C(C)=O. The molecule has 0 amide bonds. The Morgan fingerprint density at radius 1 is 1.28 bits per heavy atom. The van der Waals surface area contributed by atoms with E-state index in [1.807, 2.05) is 26.8 Å². The van der Waals surface area contributed by atoms with E-state index in [0.717, 1.165) is 29.7 Å². The first-order valence-electron chi connectivity index (χ1n) is 8.46. The fraction of sp³-hybridized carbons (Fsp3) is 0.429. The average molecular weight is 347 g/mol. The van der Waals surface area contributed by atoms with Crippen molar-refractivity contribution in [2.45, 2.75) is 46.6 Å². The van der Waals surface area contributed by atoms with Gasteiger partial charge in [0, 0.05) is 5.57 Å². The number of hydrogen-bond acceptors (Lipinski definition) is 4. The highest BCUT2D eigenvalue weighted by Gasteiger charge is 2.06. The summed E-state index contributed by atoms with van der Waals surface area (Å²) in [6.07, 6.45) is 10.4. The first-order valence-corrected chi connectivity index (χ1v) is 8.46. The van der Waals surface area contributed by atoms with E-state index in [1.165, 1.54) is 0 Å². The third-order valence-corrected chi connectivity index (χ3v) is 3.57. The number of allylic oxidation sites excluding steroid dienone is 8. The van der Waals surface area contributed by atoms with Gasteiger partial charge >= 0.3 is 0 Å². The Labute approximate surface area is 153 Å². The molecular weight excluding hydrogens is 312 g/mol. The number of Topliss-reactive ketones (excluding diaryl/α,β-unsaturated/α-hetero) is 1. The molecule has 0 fully saturated rings. The fourth-order valence-electron chi connectivity index (χ4n) is 2.04. The minimum atomic E-state index is 0.0648. The van der Waals surface area contributed by atoms with Gasteiger partial charge in [-0.25, -0.2) is 0 Å². The van der Waals surface area contributed by atoms with Gasteiger partial charge < -0.3 is 15.5 Å². The molecule has 4 heteroatoms. The number of likely N-dealkylation sites (N-methyl/N-ethyl adjacent to an activating group) is 1. The normalized spacial score (nSPS) is 13.3. The van der Waals surface area contributed by atoms with Gasteiger partial charge in [0.15, 0.2) is 0 Å². The maximum Gasteiger partial charge on any atom is 0.146 e. The molecule has 0 radical (unpaired) electrons. The van der Waals surface area contributed by atoms with Crippen molar-refractivity contribution in [1.29, 1.82) is 5.41 Å². The van der Waals surface area contributed by atoms with Crippen LogP contribution in [0.3, 0.4) is 0 Å². The monoisotopic (exact) mass is 346 g/mol. The molecule has 0 aliphatic rings. The summed E-state index contributed by atoms with van der Waals surface area (Å²) in [7, 11) is 3.44. The van der Waals surface area contributed by atoms with Crippen LogP contribution in [0.1, 0.15) is 40.5 Å².